The number of aromatic nitrogens is 1. The minimum atomic E-state index is -3.45. The lowest BCUT2D eigenvalue weighted by molar-refractivity contribution is -0.117. The highest BCUT2D eigenvalue weighted by molar-refractivity contribution is 7.90. The van der Waals surface area contributed by atoms with Gasteiger partial charge in [0.1, 0.15) is 0 Å². The van der Waals surface area contributed by atoms with Gasteiger partial charge >= 0.3 is 5.97 Å². The van der Waals surface area contributed by atoms with E-state index in [2.05, 4.69) is 4.99 Å². The summed E-state index contributed by atoms with van der Waals surface area (Å²) in [6.07, 6.45) is -0.205. The fourth-order valence-electron chi connectivity index (χ4n) is 3.32. The minimum Gasteiger partial charge on any atom is -0.462 e. The molecule has 0 saturated heterocycles. The molecule has 182 valence electrons. The van der Waals surface area contributed by atoms with Gasteiger partial charge < -0.3 is 14.0 Å². The van der Waals surface area contributed by atoms with Crippen molar-refractivity contribution >= 4 is 43.3 Å². The van der Waals surface area contributed by atoms with E-state index < -0.39 is 21.7 Å². The van der Waals surface area contributed by atoms with Gasteiger partial charge in [-0.05, 0) is 37.6 Å². The predicted octanol–water partition coefficient (Wildman–Crippen LogP) is 3.35. The summed E-state index contributed by atoms with van der Waals surface area (Å²) in [5.74, 6) is -1.33. The molecule has 8 nitrogen and oxygen atoms in total. The number of benzene rings is 2. The van der Waals surface area contributed by atoms with E-state index in [9.17, 15) is 18.0 Å². The molecule has 0 aliphatic rings. The van der Waals surface area contributed by atoms with E-state index in [1.807, 2.05) is 17.6 Å². The Morgan fingerprint density at radius 1 is 1.06 bits per heavy atom. The lowest BCUT2D eigenvalue weighted by atomic mass is 10.2. The number of sulfone groups is 1. The normalized spacial score (nSPS) is 12.2. The van der Waals surface area contributed by atoms with Crippen molar-refractivity contribution in [2.75, 3.05) is 25.6 Å². The molecule has 0 radical (unpaired) electrons. The topological polar surface area (TPSA) is 104 Å². The van der Waals surface area contributed by atoms with Crippen molar-refractivity contribution in [3.63, 3.8) is 0 Å². The number of carbonyl (C=O) groups is 2. The van der Waals surface area contributed by atoms with Crippen LogP contribution in [0.2, 0.25) is 0 Å². The van der Waals surface area contributed by atoms with Crippen molar-refractivity contribution in [1.29, 1.82) is 0 Å². The minimum absolute atomic E-state index is 0.116. The maximum absolute atomic E-state index is 12.6. The second-order valence-electron chi connectivity index (χ2n) is 7.47. The Kier molecular flexibility index (Phi) is 9.14. The smallest absolute Gasteiger partial charge is 0.338 e. The van der Waals surface area contributed by atoms with E-state index in [1.165, 1.54) is 11.3 Å². The molecule has 0 spiro atoms. The van der Waals surface area contributed by atoms with Gasteiger partial charge in [-0.25, -0.2) is 13.2 Å². The number of esters is 1. The molecule has 0 aliphatic heterocycles. The van der Waals surface area contributed by atoms with Crippen LogP contribution in [0.15, 0.2) is 53.5 Å². The third-order valence-electron chi connectivity index (χ3n) is 4.93. The van der Waals surface area contributed by atoms with Gasteiger partial charge in [0.2, 0.25) is 5.91 Å². The van der Waals surface area contributed by atoms with Crippen LogP contribution in [0, 0.1) is 0 Å². The van der Waals surface area contributed by atoms with Crippen molar-refractivity contribution in [1.82, 2.24) is 4.57 Å². The van der Waals surface area contributed by atoms with E-state index in [4.69, 9.17) is 9.47 Å². The summed E-state index contributed by atoms with van der Waals surface area (Å²) in [6, 6.07) is 14.0. The fourth-order valence-corrected chi connectivity index (χ4v) is 5.76. The molecule has 0 fully saturated rings. The SMILES string of the molecule is CCOCCn1c(=NC(=O)CCS(=O)(=O)Cc2ccccc2)sc2cc(C(=O)OCC)ccc21. The number of hydrogen-bond donors (Lipinski definition) is 0. The zero-order chi connectivity index (χ0) is 24.6. The Bertz CT molecular complexity index is 1310. The van der Waals surface area contributed by atoms with E-state index in [0.717, 1.165) is 10.2 Å². The summed E-state index contributed by atoms with van der Waals surface area (Å²) < 4.78 is 38.0. The molecular weight excluding hydrogens is 476 g/mol. The van der Waals surface area contributed by atoms with Gasteiger partial charge in [0.05, 0.1) is 40.5 Å². The first-order chi connectivity index (χ1) is 16.3. The second kappa shape index (κ2) is 12.0. The van der Waals surface area contributed by atoms with E-state index >= 15 is 0 Å². The monoisotopic (exact) mass is 504 g/mol. The molecule has 3 rings (SSSR count). The van der Waals surface area contributed by atoms with E-state index in [-0.39, 0.29) is 24.5 Å². The molecule has 0 saturated carbocycles. The van der Waals surface area contributed by atoms with Crippen molar-refractivity contribution in [3.8, 4) is 0 Å². The third-order valence-corrected chi connectivity index (χ3v) is 7.57. The quantitative estimate of drug-likeness (QED) is 0.293. The first kappa shape index (κ1) is 25.8. The van der Waals surface area contributed by atoms with E-state index in [1.54, 1.807) is 49.4 Å². The highest BCUT2D eigenvalue weighted by atomic mass is 32.2. The van der Waals surface area contributed by atoms with Crippen LogP contribution >= 0.6 is 11.3 Å². The summed E-state index contributed by atoms with van der Waals surface area (Å²) in [4.78, 5) is 29.3. The largest absolute Gasteiger partial charge is 0.462 e. The molecule has 0 N–H and O–H groups in total. The van der Waals surface area contributed by atoms with Crippen LogP contribution in [-0.4, -0.2) is 50.4 Å². The molecule has 0 unspecified atom stereocenters. The van der Waals surface area contributed by atoms with Gasteiger partial charge in [-0.2, -0.15) is 4.99 Å². The van der Waals surface area contributed by atoms with Crippen LogP contribution in [0.25, 0.3) is 10.2 Å². The van der Waals surface area contributed by atoms with E-state index in [0.29, 0.717) is 35.7 Å². The standard InChI is InChI=1S/C24H28N2O6S2/c1-3-31-14-13-26-20-11-10-19(23(28)32-4-2)16-21(20)33-24(26)25-22(27)12-15-34(29,30)17-18-8-6-5-7-9-18/h5-11,16H,3-4,12-15,17H2,1-2H3. The number of nitrogens with zero attached hydrogens (tertiary/aromatic N) is 2. The van der Waals surface area contributed by atoms with Crippen LogP contribution < -0.4 is 4.80 Å². The lowest BCUT2D eigenvalue weighted by Crippen LogP contribution is -2.20. The van der Waals surface area contributed by atoms with Gasteiger partial charge in [0.15, 0.2) is 14.6 Å². The van der Waals surface area contributed by atoms with Crippen molar-refractivity contribution in [2.24, 2.45) is 4.99 Å². The average Bonchev–Trinajstić information content (AvgIpc) is 3.14. The molecule has 1 amide bonds. The number of fused-ring (bicyclic) bond motifs is 1. The van der Waals surface area contributed by atoms with Crippen molar-refractivity contribution < 1.29 is 27.5 Å². The highest BCUT2D eigenvalue weighted by Gasteiger charge is 2.16. The number of thiazole rings is 1. The predicted molar refractivity (Wildman–Crippen MR) is 131 cm³/mol. The molecule has 3 aromatic rings. The first-order valence-electron chi connectivity index (χ1n) is 11.0. The summed E-state index contributed by atoms with van der Waals surface area (Å²) >= 11 is 1.26. The van der Waals surface area contributed by atoms with Crippen molar-refractivity contribution in [2.45, 2.75) is 32.6 Å². The molecule has 10 heteroatoms. The van der Waals surface area contributed by atoms with Gasteiger partial charge in [0, 0.05) is 19.6 Å². The Labute approximate surface area is 202 Å². The van der Waals surface area contributed by atoms with Gasteiger partial charge in [-0.3, -0.25) is 4.79 Å². The Hall–Kier alpha value is -2.82. The number of ether oxygens (including phenoxy) is 2. The Morgan fingerprint density at radius 3 is 2.53 bits per heavy atom. The summed E-state index contributed by atoms with van der Waals surface area (Å²) in [5.41, 5.74) is 1.90. The zero-order valence-electron chi connectivity index (χ0n) is 19.2. The van der Waals surface area contributed by atoms with Crippen LogP contribution in [0.1, 0.15) is 36.2 Å². The number of amides is 1. The zero-order valence-corrected chi connectivity index (χ0v) is 20.9. The van der Waals surface area contributed by atoms with Crippen molar-refractivity contribution in [3.05, 3.63) is 64.5 Å². The Morgan fingerprint density at radius 2 is 1.82 bits per heavy atom. The van der Waals surface area contributed by atoms with Crippen LogP contribution in [-0.2, 0) is 36.4 Å². The van der Waals surface area contributed by atoms with Gasteiger partial charge in [-0.1, -0.05) is 41.7 Å². The van der Waals surface area contributed by atoms with Gasteiger partial charge in [0.25, 0.3) is 0 Å². The number of hydrogen-bond acceptors (Lipinski definition) is 7. The first-order valence-corrected chi connectivity index (χ1v) is 13.7. The number of rotatable bonds is 11. The molecule has 0 aliphatic carbocycles. The fraction of sp³-hybridized carbons (Fsp3) is 0.375. The maximum Gasteiger partial charge on any atom is 0.338 e. The summed E-state index contributed by atoms with van der Waals surface area (Å²) in [7, 11) is -3.45. The second-order valence-corrected chi connectivity index (χ2v) is 10.7. The molecule has 0 bridgehead atoms. The molecule has 1 heterocycles. The molecule has 1 aromatic heterocycles. The molecular formula is C24H28N2O6S2. The van der Waals surface area contributed by atoms with Crippen LogP contribution in [0.3, 0.4) is 0 Å². The molecule has 2 aromatic carbocycles. The lowest BCUT2D eigenvalue weighted by Gasteiger charge is -2.06. The van der Waals surface area contributed by atoms with Crippen LogP contribution in [0.4, 0.5) is 0 Å². The average molecular weight is 505 g/mol. The summed E-state index contributed by atoms with van der Waals surface area (Å²) in [5, 5.41) is 0. The third kappa shape index (κ3) is 7.09. The Balaban J connectivity index is 1.83. The highest BCUT2D eigenvalue weighted by Crippen LogP contribution is 2.20. The molecule has 0 atom stereocenters. The van der Waals surface area contributed by atoms with Gasteiger partial charge in [-0.15, -0.1) is 0 Å². The summed E-state index contributed by atoms with van der Waals surface area (Å²) in [6.45, 7) is 5.36. The molecule has 34 heavy (non-hydrogen) atoms. The van der Waals surface area contributed by atoms with Crippen LogP contribution in [0.5, 0.6) is 0 Å². The maximum atomic E-state index is 12.6. The number of carbonyl (C=O) groups excluding carboxylic acids is 2.